The third-order valence-electron chi connectivity index (χ3n) is 9.62. The number of hydrogen-bond acceptors (Lipinski definition) is 9. The predicted octanol–water partition coefficient (Wildman–Crippen LogP) is 0.727. The van der Waals surface area contributed by atoms with Gasteiger partial charge in [0.2, 0.25) is 23.6 Å². The molecule has 1 aliphatic rings. The SMILES string of the molecule is C/C=C1/C(=O)NC(C(=O)O)CC(=O)NC(CCCN=C(N)N)C(=O)N[C@@H](/C=C/C(C)=C/[C@H](C)[C@H](Cc2ccccc2)OC)[C@H](C)C(=O)NC(C(=O)O)CCC(=O)N1C. The molecule has 3 unspecified atom stereocenters. The van der Waals surface area contributed by atoms with E-state index in [1.165, 1.54) is 27.0 Å². The van der Waals surface area contributed by atoms with Crippen LogP contribution < -0.4 is 32.7 Å². The number of carboxylic acid groups (broad SMARTS) is 2. The van der Waals surface area contributed by atoms with Gasteiger partial charge in [-0.1, -0.05) is 74.1 Å². The number of nitrogens with one attached hydrogen (secondary N) is 4. The molecule has 0 radical (unpaired) electrons. The minimum absolute atomic E-state index is 0.0254. The highest BCUT2D eigenvalue weighted by Gasteiger charge is 2.33. The lowest BCUT2D eigenvalue weighted by Crippen LogP contribution is -2.54. The van der Waals surface area contributed by atoms with E-state index in [-0.39, 0.29) is 49.5 Å². The van der Waals surface area contributed by atoms with Crippen molar-refractivity contribution in [3.8, 4) is 0 Å². The number of carbonyl (C=O) groups is 7. The summed E-state index contributed by atoms with van der Waals surface area (Å²) in [7, 11) is 2.88. The Hall–Kier alpha value is -6.04. The van der Waals surface area contributed by atoms with Crippen molar-refractivity contribution in [2.75, 3.05) is 20.7 Å². The predicted molar refractivity (Wildman–Crippen MR) is 215 cm³/mol. The van der Waals surface area contributed by atoms with Crippen LogP contribution in [0.2, 0.25) is 0 Å². The van der Waals surface area contributed by atoms with Gasteiger partial charge in [0.15, 0.2) is 5.96 Å². The van der Waals surface area contributed by atoms with E-state index in [1.807, 2.05) is 50.3 Å². The first-order valence-corrected chi connectivity index (χ1v) is 19.0. The molecule has 1 aromatic rings. The van der Waals surface area contributed by atoms with Crippen LogP contribution in [0.5, 0.6) is 0 Å². The zero-order valence-corrected chi connectivity index (χ0v) is 33.9. The van der Waals surface area contributed by atoms with Crippen LogP contribution in [0.15, 0.2) is 70.9 Å². The first-order valence-electron chi connectivity index (χ1n) is 19.0. The number of allylic oxidation sites excluding steroid dienone is 3. The maximum atomic E-state index is 14.0. The van der Waals surface area contributed by atoms with Gasteiger partial charge in [-0.05, 0) is 45.1 Å². The lowest BCUT2D eigenvalue weighted by Gasteiger charge is -2.27. The zero-order chi connectivity index (χ0) is 43.5. The Morgan fingerprint density at radius 2 is 1.66 bits per heavy atom. The van der Waals surface area contributed by atoms with Gasteiger partial charge in [-0.15, -0.1) is 0 Å². The van der Waals surface area contributed by atoms with Crippen molar-refractivity contribution in [2.45, 2.75) is 96.5 Å². The molecule has 1 aromatic carbocycles. The van der Waals surface area contributed by atoms with Crippen LogP contribution in [0.25, 0.3) is 0 Å². The first-order chi connectivity index (χ1) is 27.4. The second-order valence-corrected chi connectivity index (χ2v) is 14.1. The molecular weight excluding hydrogens is 752 g/mol. The minimum atomic E-state index is -1.77. The second kappa shape index (κ2) is 23.9. The number of benzene rings is 1. The number of likely N-dealkylation sites (N-methyl/N-ethyl adjacent to an activating group) is 1. The van der Waals surface area contributed by atoms with E-state index in [2.05, 4.69) is 26.3 Å². The molecule has 0 spiro atoms. The van der Waals surface area contributed by atoms with E-state index >= 15 is 0 Å². The average molecular weight is 811 g/mol. The fourth-order valence-corrected chi connectivity index (χ4v) is 6.18. The molecule has 1 saturated heterocycles. The zero-order valence-electron chi connectivity index (χ0n) is 33.9. The van der Waals surface area contributed by atoms with E-state index in [9.17, 15) is 43.8 Å². The van der Waals surface area contributed by atoms with Gasteiger partial charge in [0.1, 0.15) is 23.8 Å². The monoisotopic (exact) mass is 810 g/mol. The molecule has 1 fully saturated rings. The number of ether oxygens (including phenoxy) is 1. The standard InChI is InChI=1S/C40H58N8O10/c1-7-31-37(53)47-30(39(56)57)22-33(49)44-28(14-11-19-43-40(41)42)36(52)45-27(25(4)35(51)46-29(38(54)55)17-18-34(50)48(31)5)16-15-23(2)20-24(3)32(58-6)21-26-12-9-8-10-13-26/h7-10,12-13,15-16,20,24-25,27-30,32H,11,14,17-19,21-22H2,1-6H3,(H,44,49)(H,45,52)(H,46,51)(H,47,53)(H,54,55)(H,56,57)(H4,41,42,43)/b16-15+,23-20+,31-7-/t24-,25-,27-,28?,29?,30?,32-/m0/s1. The lowest BCUT2D eigenvalue weighted by molar-refractivity contribution is -0.143. The lowest BCUT2D eigenvalue weighted by atomic mass is 9.94. The van der Waals surface area contributed by atoms with E-state index in [0.717, 1.165) is 16.0 Å². The fraction of sp³-hybridized carbons (Fsp3) is 0.500. The van der Waals surface area contributed by atoms with Crippen molar-refractivity contribution in [3.63, 3.8) is 0 Å². The number of nitrogens with two attached hydrogens (primary N) is 2. The number of amides is 5. The number of nitrogens with zero attached hydrogens (tertiary/aromatic N) is 2. The molecular formula is C40H58N8O10. The van der Waals surface area contributed by atoms with Crippen molar-refractivity contribution in [1.82, 2.24) is 26.2 Å². The van der Waals surface area contributed by atoms with Crippen LogP contribution >= 0.6 is 0 Å². The first kappa shape index (κ1) is 48.1. The molecule has 0 saturated carbocycles. The Balaban J connectivity index is 2.59. The highest BCUT2D eigenvalue weighted by atomic mass is 16.5. The molecule has 318 valence electrons. The molecule has 1 heterocycles. The topological polar surface area (TPSA) is 285 Å². The third-order valence-corrected chi connectivity index (χ3v) is 9.62. The van der Waals surface area contributed by atoms with Gasteiger partial charge in [0.25, 0.3) is 5.91 Å². The molecule has 7 atom stereocenters. The van der Waals surface area contributed by atoms with Gasteiger partial charge < -0.3 is 52.6 Å². The summed E-state index contributed by atoms with van der Waals surface area (Å²) in [6, 6.07) is 4.18. The van der Waals surface area contributed by atoms with Gasteiger partial charge >= 0.3 is 11.9 Å². The number of carboxylic acids is 2. The Morgan fingerprint density at radius 3 is 2.24 bits per heavy atom. The average Bonchev–Trinajstić information content (AvgIpc) is 3.17. The number of carbonyl (C=O) groups excluding carboxylic acids is 5. The Kier molecular flexibility index (Phi) is 19.8. The summed E-state index contributed by atoms with van der Waals surface area (Å²) in [5.74, 6) is -8.45. The molecule has 5 amide bonds. The largest absolute Gasteiger partial charge is 0.480 e. The molecule has 2 rings (SSSR count). The number of aliphatic imine (C=N–C) groups is 1. The molecule has 58 heavy (non-hydrogen) atoms. The summed E-state index contributed by atoms with van der Waals surface area (Å²) >= 11 is 0. The summed E-state index contributed by atoms with van der Waals surface area (Å²) < 4.78 is 5.78. The fourth-order valence-electron chi connectivity index (χ4n) is 6.18. The summed E-state index contributed by atoms with van der Waals surface area (Å²) in [6.07, 6.45) is 5.57. The molecule has 18 heteroatoms. The van der Waals surface area contributed by atoms with Gasteiger partial charge in [-0.25, -0.2) is 9.59 Å². The maximum Gasteiger partial charge on any atom is 0.326 e. The van der Waals surface area contributed by atoms with Crippen LogP contribution in [0.1, 0.15) is 65.4 Å². The van der Waals surface area contributed by atoms with Crippen molar-refractivity contribution in [1.29, 1.82) is 0 Å². The van der Waals surface area contributed by atoms with Crippen molar-refractivity contribution < 1.29 is 48.5 Å². The minimum Gasteiger partial charge on any atom is -0.480 e. The number of hydrogen-bond donors (Lipinski definition) is 8. The van der Waals surface area contributed by atoms with Gasteiger partial charge in [-0.2, -0.15) is 0 Å². The quantitative estimate of drug-likeness (QED) is 0.0450. The van der Waals surface area contributed by atoms with Crippen LogP contribution in [-0.4, -0.2) is 114 Å². The van der Waals surface area contributed by atoms with Crippen LogP contribution in [0.4, 0.5) is 0 Å². The molecule has 1 aliphatic heterocycles. The molecule has 0 aromatic heterocycles. The van der Waals surface area contributed by atoms with Crippen molar-refractivity contribution >= 4 is 47.4 Å². The molecule has 18 nitrogen and oxygen atoms in total. The van der Waals surface area contributed by atoms with E-state index < -0.39 is 84.4 Å². The Labute approximate surface area is 338 Å². The van der Waals surface area contributed by atoms with E-state index in [4.69, 9.17) is 16.2 Å². The highest BCUT2D eigenvalue weighted by Crippen LogP contribution is 2.18. The summed E-state index contributed by atoms with van der Waals surface area (Å²) in [4.78, 5) is 96.5. The number of guanidine groups is 1. The molecule has 0 bridgehead atoms. The molecule has 0 aliphatic carbocycles. The van der Waals surface area contributed by atoms with Crippen LogP contribution in [0.3, 0.4) is 0 Å². The normalized spacial score (nSPS) is 24.0. The maximum absolute atomic E-state index is 14.0. The number of aliphatic carboxylic acids is 2. The van der Waals surface area contributed by atoms with Crippen LogP contribution in [-0.2, 0) is 44.7 Å². The number of methoxy groups -OCH3 is 1. The highest BCUT2D eigenvalue weighted by molar-refractivity contribution is 6.00. The van der Waals surface area contributed by atoms with Crippen molar-refractivity contribution in [3.05, 3.63) is 71.5 Å². The summed E-state index contributed by atoms with van der Waals surface area (Å²) in [5.41, 5.74) is 12.5. The van der Waals surface area contributed by atoms with Crippen molar-refractivity contribution in [2.24, 2.45) is 28.3 Å². The van der Waals surface area contributed by atoms with Gasteiger partial charge in [-0.3, -0.25) is 29.0 Å². The van der Waals surface area contributed by atoms with Gasteiger partial charge in [0, 0.05) is 33.0 Å². The second-order valence-electron chi connectivity index (χ2n) is 14.1. The Bertz CT molecular complexity index is 1740. The summed E-state index contributed by atoms with van der Waals surface area (Å²) in [6.45, 7) is 6.81. The number of rotatable bonds is 13. The smallest absolute Gasteiger partial charge is 0.326 e. The third kappa shape index (κ3) is 15.8. The van der Waals surface area contributed by atoms with E-state index in [0.29, 0.717) is 6.42 Å². The summed E-state index contributed by atoms with van der Waals surface area (Å²) in [5, 5.41) is 29.9. The Morgan fingerprint density at radius 1 is 1.00 bits per heavy atom. The van der Waals surface area contributed by atoms with Crippen LogP contribution in [0, 0.1) is 11.8 Å². The van der Waals surface area contributed by atoms with Gasteiger partial charge in [0.05, 0.1) is 24.5 Å². The molecule has 10 N–H and O–H groups in total. The van der Waals surface area contributed by atoms with E-state index in [1.54, 1.807) is 19.3 Å².